The lowest BCUT2D eigenvalue weighted by molar-refractivity contribution is -0.113. The van der Waals surface area contributed by atoms with E-state index in [0.29, 0.717) is 17.9 Å². The summed E-state index contributed by atoms with van der Waals surface area (Å²) in [5.74, 6) is 0.922. The maximum Gasteiger partial charge on any atom is 0.277 e. The van der Waals surface area contributed by atoms with Gasteiger partial charge in [-0.2, -0.15) is 0 Å². The van der Waals surface area contributed by atoms with Gasteiger partial charge in [0.1, 0.15) is 11.5 Å². The Bertz CT molecular complexity index is 1170. The minimum Gasteiger partial charge on any atom is -0.507 e. The number of hydrogen-bond donors (Lipinski definition) is 2. The summed E-state index contributed by atoms with van der Waals surface area (Å²) < 4.78 is 11.0. The van der Waals surface area contributed by atoms with Gasteiger partial charge in [-0.3, -0.25) is 4.79 Å². The number of nitrogens with zero attached hydrogens (tertiary/aromatic N) is 2. The van der Waals surface area contributed by atoms with Gasteiger partial charge in [0.15, 0.2) is 0 Å². The second-order valence-electron chi connectivity index (χ2n) is 6.38. The Hall–Kier alpha value is -3.52. The molecule has 0 spiro atoms. The van der Waals surface area contributed by atoms with Gasteiger partial charge in [-0.1, -0.05) is 36.0 Å². The molecule has 0 unspecified atom stereocenters. The smallest absolute Gasteiger partial charge is 0.277 e. The zero-order valence-electron chi connectivity index (χ0n) is 16.2. The molecule has 30 heavy (non-hydrogen) atoms. The number of anilines is 1. The van der Waals surface area contributed by atoms with Crippen molar-refractivity contribution in [3.8, 4) is 23.0 Å². The minimum absolute atomic E-state index is 0.0575. The molecule has 0 aliphatic rings. The molecule has 1 heterocycles. The van der Waals surface area contributed by atoms with Gasteiger partial charge in [-0.15, -0.1) is 10.2 Å². The lowest BCUT2D eigenvalue weighted by Gasteiger charge is -2.06. The average molecular weight is 421 g/mol. The van der Waals surface area contributed by atoms with Crippen LogP contribution in [0.15, 0.2) is 70.3 Å². The lowest BCUT2D eigenvalue weighted by atomic mass is 10.1. The van der Waals surface area contributed by atoms with Crippen molar-refractivity contribution in [2.45, 2.75) is 12.1 Å². The molecular formula is C22H19N3O4S. The zero-order valence-corrected chi connectivity index (χ0v) is 17.0. The van der Waals surface area contributed by atoms with Crippen LogP contribution in [0.2, 0.25) is 0 Å². The molecule has 0 bridgehead atoms. The number of aromatic hydroxyl groups is 1. The highest BCUT2D eigenvalue weighted by molar-refractivity contribution is 7.99. The molecule has 2 N–H and O–H groups in total. The molecule has 0 saturated carbocycles. The number of fused-ring (bicyclic) bond motifs is 1. The van der Waals surface area contributed by atoms with Crippen LogP contribution in [-0.2, 0) is 4.79 Å². The van der Waals surface area contributed by atoms with Crippen molar-refractivity contribution >= 4 is 34.1 Å². The van der Waals surface area contributed by atoms with Crippen molar-refractivity contribution in [1.82, 2.24) is 10.2 Å². The third kappa shape index (κ3) is 4.55. The summed E-state index contributed by atoms with van der Waals surface area (Å²) in [5.41, 5.74) is 1.13. The Labute approximate surface area is 177 Å². The normalized spacial score (nSPS) is 10.8. The molecule has 1 amide bonds. The summed E-state index contributed by atoms with van der Waals surface area (Å²) >= 11 is 1.13. The third-order valence-corrected chi connectivity index (χ3v) is 5.10. The van der Waals surface area contributed by atoms with E-state index in [1.54, 1.807) is 36.4 Å². The van der Waals surface area contributed by atoms with Gasteiger partial charge in [0, 0.05) is 5.69 Å². The van der Waals surface area contributed by atoms with Crippen LogP contribution in [0, 0.1) is 0 Å². The predicted octanol–water partition coefficient (Wildman–Crippen LogP) is 4.72. The molecule has 0 saturated heterocycles. The summed E-state index contributed by atoms with van der Waals surface area (Å²) in [4.78, 5) is 12.2. The van der Waals surface area contributed by atoms with Gasteiger partial charge in [0.05, 0.1) is 17.9 Å². The van der Waals surface area contributed by atoms with Crippen molar-refractivity contribution in [1.29, 1.82) is 0 Å². The Morgan fingerprint density at radius 2 is 1.83 bits per heavy atom. The summed E-state index contributed by atoms with van der Waals surface area (Å²) in [6, 6.07) is 18.3. The first-order valence-electron chi connectivity index (χ1n) is 9.33. The number of ether oxygens (including phenoxy) is 1. The fraction of sp³-hybridized carbons (Fsp3) is 0.136. The minimum atomic E-state index is -0.197. The summed E-state index contributed by atoms with van der Waals surface area (Å²) in [7, 11) is 0. The van der Waals surface area contributed by atoms with Crippen LogP contribution >= 0.6 is 11.8 Å². The van der Waals surface area contributed by atoms with Gasteiger partial charge in [-0.25, -0.2) is 0 Å². The molecule has 0 aliphatic carbocycles. The predicted molar refractivity (Wildman–Crippen MR) is 116 cm³/mol. The lowest BCUT2D eigenvalue weighted by Crippen LogP contribution is -2.13. The Balaban J connectivity index is 1.39. The SMILES string of the molecule is CCOc1ccc(NC(=O)CSc2nnc(-c3cc4ccccc4cc3O)o2)cc1. The van der Waals surface area contributed by atoms with E-state index in [1.807, 2.05) is 31.2 Å². The van der Waals surface area contributed by atoms with E-state index in [0.717, 1.165) is 28.3 Å². The number of carbonyl (C=O) groups is 1. The second-order valence-corrected chi connectivity index (χ2v) is 7.31. The summed E-state index contributed by atoms with van der Waals surface area (Å²) in [5, 5.41) is 23.2. The van der Waals surface area contributed by atoms with Crippen molar-refractivity contribution in [2.75, 3.05) is 17.7 Å². The quantitative estimate of drug-likeness (QED) is 0.417. The molecule has 1 aromatic heterocycles. The summed E-state index contributed by atoms with van der Waals surface area (Å²) in [6.45, 7) is 2.50. The van der Waals surface area contributed by atoms with Crippen LogP contribution in [0.1, 0.15) is 6.92 Å². The van der Waals surface area contributed by atoms with Gasteiger partial charge in [0.2, 0.25) is 5.91 Å². The molecule has 4 rings (SSSR count). The highest BCUT2D eigenvalue weighted by atomic mass is 32.2. The topological polar surface area (TPSA) is 97.5 Å². The molecule has 8 heteroatoms. The Kier molecular flexibility index (Phi) is 5.85. The van der Waals surface area contributed by atoms with Crippen LogP contribution < -0.4 is 10.1 Å². The van der Waals surface area contributed by atoms with E-state index < -0.39 is 0 Å². The molecule has 3 aromatic carbocycles. The fourth-order valence-electron chi connectivity index (χ4n) is 2.90. The molecule has 0 atom stereocenters. The summed E-state index contributed by atoms with van der Waals surface area (Å²) in [6.07, 6.45) is 0. The fourth-order valence-corrected chi connectivity index (χ4v) is 3.47. The van der Waals surface area contributed by atoms with Gasteiger partial charge < -0.3 is 19.6 Å². The second kappa shape index (κ2) is 8.87. The van der Waals surface area contributed by atoms with Crippen molar-refractivity contribution < 1.29 is 19.1 Å². The number of aromatic nitrogens is 2. The first-order chi connectivity index (χ1) is 14.6. The number of phenolic OH excluding ortho intramolecular Hbond substituents is 1. The molecule has 0 fully saturated rings. The molecule has 0 radical (unpaired) electrons. The van der Waals surface area contributed by atoms with E-state index in [4.69, 9.17) is 9.15 Å². The highest BCUT2D eigenvalue weighted by Crippen LogP contribution is 2.33. The van der Waals surface area contributed by atoms with E-state index in [9.17, 15) is 9.90 Å². The van der Waals surface area contributed by atoms with Crippen LogP contribution in [0.4, 0.5) is 5.69 Å². The number of nitrogens with one attached hydrogen (secondary N) is 1. The number of phenols is 1. The molecule has 152 valence electrons. The number of rotatable bonds is 7. The largest absolute Gasteiger partial charge is 0.507 e. The maximum absolute atomic E-state index is 12.2. The van der Waals surface area contributed by atoms with Crippen molar-refractivity contribution in [2.24, 2.45) is 0 Å². The van der Waals surface area contributed by atoms with Crippen LogP contribution in [0.3, 0.4) is 0 Å². The monoisotopic (exact) mass is 421 g/mol. The average Bonchev–Trinajstić information content (AvgIpc) is 3.22. The Morgan fingerprint density at radius 3 is 2.57 bits per heavy atom. The van der Waals surface area contributed by atoms with Gasteiger partial charge in [-0.05, 0) is 54.1 Å². The zero-order chi connectivity index (χ0) is 20.9. The number of hydrogen-bond acceptors (Lipinski definition) is 7. The van der Waals surface area contributed by atoms with Crippen molar-refractivity contribution in [3.63, 3.8) is 0 Å². The Morgan fingerprint density at radius 1 is 1.10 bits per heavy atom. The standard InChI is InChI=1S/C22H19N3O4S/c1-2-28-17-9-7-16(8-10-17)23-20(27)13-30-22-25-24-21(29-22)18-11-14-5-3-4-6-15(14)12-19(18)26/h3-12,26H,2,13H2,1H3,(H,23,27). The van der Waals surface area contributed by atoms with Crippen LogP contribution in [-0.4, -0.2) is 33.6 Å². The first-order valence-corrected chi connectivity index (χ1v) is 10.3. The van der Waals surface area contributed by atoms with E-state index >= 15 is 0 Å². The van der Waals surface area contributed by atoms with Gasteiger partial charge >= 0.3 is 0 Å². The number of benzene rings is 3. The highest BCUT2D eigenvalue weighted by Gasteiger charge is 2.15. The van der Waals surface area contributed by atoms with E-state index in [2.05, 4.69) is 15.5 Å². The number of carbonyl (C=O) groups excluding carboxylic acids is 1. The first kappa shape index (κ1) is 19.8. The molecular weight excluding hydrogens is 402 g/mol. The van der Waals surface area contributed by atoms with Gasteiger partial charge in [0.25, 0.3) is 11.1 Å². The molecule has 4 aromatic rings. The van der Waals surface area contributed by atoms with E-state index in [-0.39, 0.29) is 28.5 Å². The third-order valence-electron chi connectivity index (χ3n) is 4.28. The van der Waals surface area contributed by atoms with Crippen molar-refractivity contribution in [3.05, 3.63) is 60.7 Å². The molecule has 7 nitrogen and oxygen atoms in total. The van der Waals surface area contributed by atoms with E-state index in [1.165, 1.54) is 0 Å². The van der Waals surface area contributed by atoms with Crippen LogP contribution in [0.5, 0.6) is 11.5 Å². The van der Waals surface area contributed by atoms with Crippen LogP contribution in [0.25, 0.3) is 22.2 Å². The number of amides is 1. The maximum atomic E-state index is 12.2. The number of thioether (sulfide) groups is 1. The molecule has 0 aliphatic heterocycles.